The van der Waals surface area contributed by atoms with Crippen molar-refractivity contribution in [3.8, 4) is 5.75 Å². The van der Waals surface area contributed by atoms with Gasteiger partial charge in [0.05, 0.1) is 12.2 Å². The molecule has 1 aliphatic rings. The molecule has 132 valence electrons. The molecule has 0 saturated carbocycles. The lowest BCUT2D eigenvalue weighted by Crippen LogP contribution is -2.32. The molecule has 1 saturated heterocycles. The highest BCUT2D eigenvalue weighted by atomic mass is 19.3. The second kappa shape index (κ2) is 7.00. The third-order valence-corrected chi connectivity index (χ3v) is 3.85. The van der Waals surface area contributed by atoms with Gasteiger partial charge >= 0.3 is 12.6 Å². The fourth-order valence-electron chi connectivity index (χ4n) is 2.70. The van der Waals surface area contributed by atoms with Crippen LogP contribution in [-0.4, -0.2) is 30.6 Å². The molecule has 0 bridgehead atoms. The lowest BCUT2D eigenvalue weighted by Gasteiger charge is -2.20. The van der Waals surface area contributed by atoms with E-state index in [0.29, 0.717) is 11.6 Å². The molecule has 1 fully saturated rings. The SMILES string of the molecule is O=C1N(Cc2ccccc2OC(F)F)CCN1c1ccc(F)cc1F. The summed E-state index contributed by atoms with van der Waals surface area (Å²) in [6.07, 6.45) is 0. The molecule has 0 spiro atoms. The number of hydrogen-bond donors (Lipinski definition) is 0. The maximum absolute atomic E-state index is 13.9. The maximum Gasteiger partial charge on any atom is 0.387 e. The van der Waals surface area contributed by atoms with E-state index in [-0.39, 0.29) is 31.1 Å². The Labute approximate surface area is 141 Å². The number of ether oxygens (including phenoxy) is 1. The molecule has 4 nitrogen and oxygen atoms in total. The molecule has 0 radical (unpaired) electrons. The summed E-state index contributed by atoms with van der Waals surface area (Å²) in [5.41, 5.74) is 0.392. The quantitative estimate of drug-likeness (QED) is 0.760. The molecule has 0 atom stereocenters. The van der Waals surface area contributed by atoms with Crippen molar-refractivity contribution >= 4 is 11.7 Å². The fourth-order valence-corrected chi connectivity index (χ4v) is 2.70. The second-order valence-corrected chi connectivity index (χ2v) is 5.44. The van der Waals surface area contributed by atoms with Gasteiger partial charge in [-0.05, 0) is 18.2 Å². The summed E-state index contributed by atoms with van der Waals surface area (Å²) in [6.45, 7) is -2.45. The predicted octanol–water partition coefficient (Wildman–Crippen LogP) is 4.01. The molecule has 2 amide bonds. The highest BCUT2D eigenvalue weighted by Gasteiger charge is 2.31. The molecule has 1 heterocycles. The predicted molar refractivity (Wildman–Crippen MR) is 82.6 cm³/mol. The van der Waals surface area contributed by atoms with Gasteiger partial charge in [-0.25, -0.2) is 13.6 Å². The highest BCUT2D eigenvalue weighted by Crippen LogP contribution is 2.27. The first kappa shape index (κ1) is 17.1. The topological polar surface area (TPSA) is 32.8 Å². The van der Waals surface area contributed by atoms with Crippen molar-refractivity contribution in [3.05, 3.63) is 59.7 Å². The van der Waals surface area contributed by atoms with Crippen LogP contribution in [0.1, 0.15) is 5.56 Å². The van der Waals surface area contributed by atoms with Gasteiger partial charge in [0.15, 0.2) is 0 Å². The summed E-state index contributed by atoms with van der Waals surface area (Å²) < 4.78 is 56.3. The highest BCUT2D eigenvalue weighted by molar-refractivity contribution is 5.94. The smallest absolute Gasteiger partial charge is 0.387 e. The zero-order chi connectivity index (χ0) is 18.0. The van der Waals surface area contributed by atoms with Gasteiger partial charge in [-0.15, -0.1) is 0 Å². The largest absolute Gasteiger partial charge is 0.434 e. The van der Waals surface area contributed by atoms with Crippen LogP contribution in [0.5, 0.6) is 5.75 Å². The fraction of sp³-hybridized carbons (Fsp3) is 0.235. The molecule has 25 heavy (non-hydrogen) atoms. The monoisotopic (exact) mass is 354 g/mol. The molecule has 8 heteroatoms. The van der Waals surface area contributed by atoms with Crippen LogP contribution in [-0.2, 0) is 6.54 Å². The molecule has 0 N–H and O–H groups in total. The number of hydrogen-bond acceptors (Lipinski definition) is 2. The number of carbonyl (C=O) groups excluding carboxylic acids is 1. The van der Waals surface area contributed by atoms with E-state index in [0.717, 1.165) is 6.07 Å². The standard InChI is InChI=1S/C17H14F4N2O2/c18-12-5-6-14(13(19)9-12)23-8-7-22(17(23)24)10-11-3-1-2-4-15(11)25-16(20)21/h1-6,9,16H,7-8,10H2. The van der Waals surface area contributed by atoms with Crippen LogP contribution >= 0.6 is 0 Å². The number of nitrogens with zero attached hydrogens (tertiary/aromatic N) is 2. The molecule has 0 unspecified atom stereocenters. The third kappa shape index (κ3) is 3.67. The number of carbonyl (C=O) groups is 1. The van der Waals surface area contributed by atoms with Crippen molar-refractivity contribution in [2.24, 2.45) is 0 Å². The minimum atomic E-state index is -2.97. The van der Waals surface area contributed by atoms with E-state index in [1.165, 1.54) is 21.9 Å². The molecular formula is C17H14F4N2O2. The molecule has 3 rings (SSSR count). The number of para-hydroxylation sites is 1. The first-order valence-corrected chi connectivity index (χ1v) is 7.50. The van der Waals surface area contributed by atoms with Gasteiger partial charge in [-0.3, -0.25) is 4.90 Å². The molecule has 2 aromatic carbocycles. The Hall–Kier alpha value is -2.77. The first-order valence-electron chi connectivity index (χ1n) is 7.50. The van der Waals surface area contributed by atoms with Gasteiger partial charge in [-0.2, -0.15) is 8.78 Å². The Morgan fingerprint density at radius 3 is 2.56 bits per heavy atom. The molecule has 0 aliphatic carbocycles. The number of alkyl halides is 2. The zero-order valence-electron chi connectivity index (χ0n) is 13.0. The van der Waals surface area contributed by atoms with Gasteiger partial charge in [-0.1, -0.05) is 18.2 Å². The Morgan fingerprint density at radius 2 is 1.84 bits per heavy atom. The van der Waals surface area contributed by atoms with Crippen molar-refractivity contribution in [3.63, 3.8) is 0 Å². The summed E-state index contributed by atoms with van der Waals surface area (Å²) in [5, 5.41) is 0. The van der Waals surface area contributed by atoms with E-state index in [1.807, 2.05) is 0 Å². The van der Waals surface area contributed by atoms with E-state index >= 15 is 0 Å². The van der Waals surface area contributed by atoms with E-state index in [2.05, 4.69) is 4.74 Å². The minimum Gasteiger partial charge on any atom is -0.434 e. The number of benzene rings is 2. The van der Waals surface area contributed by atoms with Gasteiger partial charge in [0.2, 0.25) is 0 Å². The number of halogens is 4. The summed E-state index contributed by atoms with van der Waals surface area (Å²) >= 11 is 0. The zero-order valence-corrected chi connectivity index (χ0v) is 13.0. The van der Waals surface area contributed by atoms with E-state index in [4.69, 9.17) is 0 Å². The van der Waals surface area contributed by atoms with E-state index in [9.17, 15) is 22.4 Å². The number of rotatable bonds is 5. The normalized spacial score (nSPS) is 14.5. The second-order valence-electron chi connectivity index (χ2n) is 5.44. The maximum atomic E-state index is 13.9. The van der Waals surface area contributed by atoms with Crippen molar-refractivity contribution in [2.75, 3.05) is 18.0 Å². The van der Waals surface area contributed by atoms with Crippen LogP contribution in [0.2, 0.25) is 0 Å². The van der Waals surface area contributed by atoms with Gasteiger partial charge in [0, 0.05) is 24.7 Å². The van der Waals surface area contributed by atoms with Crippen LogP contribution < -0.4 is 9.64 Å². The average molecular weight is 354 g/mol. The van der Waals surface area contributed by atoms with Gasteiger partial charge < -0.3 is 9.64 Å². The Morgan fingerprint density at radius 1 is 1.08 bits per heavy atom. The number of urea groups is 1. The lowest BCUT2D eigenvalue weighted by molar-refractivity contribution is -0.0506. The summed E-state index contributed by atoms with van der Waals surface area (Å²) in [5.74, 6) is -1.59. The van der Waals surface area contributed by atoms with Crippen molar-refractivity contribution in [1.82, 2.24) is 4.90 Å². The van der Waals surface area contributed by atoms with Crippen LogP contribution in [0, 0.1) is 11.6 Å². The average Bonchev–Trinajstić information content (AvgIpc) is 2.90. The van der Waals surface area contributed by atoms with E-state index < -0.39 is 24.3 Å². The molecule has 2 aromatic rings. The molecule has 0 aromatic heterocycles. The minimum absolute atomic E-state index is 0.0169. The van der Waals surface area contributed by atoms with Crippen LogP contribution in [0.25, 0.3) is 0 Å². The van der Waals surface area contributed by atoms with Crippen molar-refractivity contribution < 1.29 is 27.1 Å². The van der Waals surface area contributed by atoms with E-state index in [1.54, 1.807) is 18.2 Å². The van der Waals surface area contributed by atoms with Gasteiger partial charge in [0.25, 0.3) is 0 Å². The van der Waals surface area contributed by atoms with Crippen molar-refractivity contribution in [1.29, 1.82) is 0 Å². The van der Waals surface area contributed by atoms with Gasteiger partial charge in [0.1, 0.15) is 17.4 Å². The third-order valence-electron chi connectivity index (χ3n) is 3.85. The summed E-state index contributed by atoms with van der Waals surface area (Å²) in [6, 6.07) is 8.64. The van der Waals surface area contributed by atoms with Crippen LogP contribution in [0.4, 0.5) is 28.0 Å². The van der Waals surface area contributed by atoms with Crippen LogP contribution in [0.15, 0.2) is 42.5 Å². The molecule has 1 aliphatic heterocycles. The summed E-state index contributed by atoms with van der Waals surface area (Å²) in [4.78, 5) is 15.1. The summed E-state index contributed by atoms with van der Waals surface area (Å²) in [7, 11) is 0. The van der Waals surface area contributed by atoms with Crippen LogP contribution in [0.3, 0.4) is 0 Å². The Bertz CT molecular complexity index is 785. The Kier molecular flexibility index (Phi) is 4.78. The lowest BCUT2D eigenvalue weighted by atomic mass is 10.2. The number of amides is 2. The molecular weight excluding hydrogens is 340 g/mol. The Balaban J connectivity index is 1.77. The first-order chi connectivity index (χ1) is 12.0. The van der Waals surface area contributed by atoms with Crippen molar-refractivity contribution in [2.45, 2.75) is 13.2 Å². The number of anilines is 1.